The van der Waals surface area contributed by atoms with Gasteiger partial charge in [0.1, 0.15) is 0 Å². The summed E-state index contributed by atoms with van der Waals surface area (Å²) >= 11 is 3.30. The maximum atomic E-state index is 12.7. The van der Waals surface area contributed by atoms with Crippen LogP contribution in [0.15, 0.2) is 33.6 Å². The van der Waals surface area contributed by atoms with Crippen molar-refractivity contribution in [1.29, 1.82) is 0 Å². The number of piperidine rings is 1. The Kier molecular flexibility index (Phi) is 7.21. The summed E-state index contributed by atoms with van der Waals surface area (Å²) < 4.78 is 32.6. The van der Waals surface area contributed by atoms with E-state index in [1.807, 2.05) is 0 Å². The van der Waals surface area contributed by atoms with Crippen LogP contribution in [0.3, 0.4) is 0 Å². The fourth-order valence-electron chi connectivity index (χ4n) is 2.70. The van der Waals surface area contributed by atoms with E-state index in [1.165, 1.54) is 4.31 Å². The molecule has 1 N–H and O–H groups in total. The van der Waals surface area contributed by atoms with E-state index in [4.69, 9.17) is 4.74 Å². The number of hydrogen-bond donors (Lipinski definition) is 1. The van der Waals surface area contributed by atoms with Crippen LogP contribution < -0.4 is 5.32 Å². The van der Waals surface area contributed by atoms with Crippen molar-refractivity contribution < 1.29 is 17.9 Å². The molecule has 1 aliphatic heterocycles. The summed E-state index contributed by atoms with van der Waals surface area (Å²) in [5.74, 6) is -0.381. The van der Waals surface area contributed by atoms with Gasteiger partial charge >= 0.3 is 0 Å². The molecule has 0 unspecified atom stereocenters. The third kappa shape index (κ3) is 5.02. The Bertz CT molecular complexity index is 649. The first-order chi connectivity index (χ1) is 11.4. The number of carbonyl (C=O) groups is 1. The van der Waals surface area contributed by atoms with Crippen molar-refractivity contribution >= 4 is 31.9 Å². The van der Waals surface area contributed by atoms with E-state index in [2.05, 4.69) is 21.2 Å². The monoisotopic (exact) mass is 418 g/mol. The lowest BCUT2D eigenvalue weighted by Crippen LogP contribution is -2.45. The predicted octanol–water partition coefficient (Wildman–Crippen LogP) is 2.00. The lowest BCUT2D eigenvalue weighted by Gasteiger charge is -2.31. The first-order valence-electron chi connectivity index (χ1n) is 7.97. The number of nitrogens with one attached hydrogen (secondary N) is 1. The Morgan fingerprint density at radius 1 is 1.38 bits per heavy atom. The summed E-state index contributed by atoms with van der Waals surface area (Å²) in [5.41, 5.74) is 0. The van der Waals surface area contributed by atoms with Crippen molar-refractivity contribution in [3.05, 3.63) is 28.7 Å². The van der Waals surface area contributed by atoms with Crippen LogP contribution in [-0.2, 0) is 19.6 Å². The number of hydrogen-bond acceptors (Lipinski definition) is 4. The second-order valence-corrected chi connectivity index (χ2v) is 8.65. The van der Waals surface area contributed by atoms with Gasteiger partial charge in [0.25, 0.3) is 0 Å². The Labute approximate surface area is 151 Å². The molecule has 6 nitrogen and oxygen atoms in total. The zero-order valence-electron chi connectivity index (χ0n) is 13.7. The smallest absolute Gasteiger partial charge is 0.243 e. The molecule has 1 atom stereocenters. The Balaban J connectivity index is 1.99. The highest BCUT2D eigenvalue weighted by atomic mass is 79.9. The topological polar surface area (TPSA) is 75.7 Å². The molecule has 1 aliphatic rings. The van der Waals surface area contributed by atoms with E-state index < -0.39 is 10.0 Å². The van der Waals surface area contributed by atoms with E-state index in [1.54, 1.807) is 31.4 Å². The van der Waals surface area contributed by atoms with Gasteiger partial charge in [0.2, 0.25) is 15.9 Å². The van der Waals surface area contributed by atoms with Gasteiger partial charge in [-0.3, -0.25) is 4.79 Å². The number of carbonyl (C=O) groups excluding carboxylic acids is 1. The third-order valence-corrected chi connectivity index (χ3v) is 6.44. The van der Waals surface area contributed by atoms with E-state index in [-0.39, 0.29) is 23.3 Å². The summed E-state index contributed by atoms with van der Waals surface area (Å²) in [6.45, 7) is 1.82. The molecule has 0 aliphatic carbocycles. The molecule has 0 radical (unpaired) electrons. The van der Waals surface area contributed by atoms with Crippen molar-refractivity contribution in [2.75, 3.05) is 33.4 Å². The molecule has 0 saturated carbocycles. The first kappa shape index (κ1) is 19.4. The lowest BCUT2D eigenvalue weighted by atomic mass is 9.99. The second-order valence-electron chi connectivity index (χ2n) is 5.79. The average molecular weight is 419 g/mol. The van der Waals surface area contributed by atoms with Gasteiger partial charge in [-0.2, -0.15) is 4.31 Å². The first-order valence-corrected chi connectivity index (χ1v) is 10.2. The third-order valence-electron chi connectivity index (χ3n) is 4.03. The summed E-state index contributed by atoms with van der Waals surface area (Å²) in [4.78, 5) is 12.5. The van der Waals surface area contributed by atoms with E-state index in [9.17, 15) is 13.2 Å². The molecule has 1 aromatic rings. The highest BCUT2D eigenvalue weighted by Gasteiger charge is 2.33. The van der Waals surface area contributed by atoms with Gasteiger partial charge in [0.15, 0.2) is 0 Å². The van der Waals surface area contributed by atoms with Crippen LogP contribution in [0.4, 0.5) is 0 Å². The number of halogens is 1. The van der Waals surface area contributed by atoms with Crippen LogP contribution in [0.25, 0.3) is 0 Å². The molecule has 0 bridgehead atoms. The highest BCUT2D eigenvalue weighted by Crippen LogP contribution is 2.24. The van der Waals surface area contributed by atoms with Crippen LogP contribution >= 0.6 is 15.9 Å². The van der Waals surface area contributed by atoms with Gasteiger partial charge in [-0.25, -0.2) is 8.42 Å². The van der Waals surface area contributed by atoms with Gasteiger partial charge in [-0.1, -0.05) is 15.9 Å². The summed E-state index contributed by atoms with van der Waals surface area (Å²) in [5, 5.41) is 2.86. The maximum absolute atomic E-state index is 12.7. The van der Waals surface area contributed by atoms with E-state index in [0.717, 1.165) is 10.9 Å². The number of sulfonamides is 1. The number of methoxy groups -OCH3 is 1. The van der Waals surface area contributed by atoms with Crippen LogP contribution in [0, 0.1) is 5.92 Å². The molecular weight excluding hydrogens is 396 g/mol. The molecule has 1 aromatic carbocycles. The second kappa shape index (κ2) is 8.94. The molecule has 134 valence electrons. The van der Waals surface area contributed by atoms with Gasteiger partial charge in [-0.05, 0) is 43.5 Å². The van der Waals surface area contributed by atoms with E-state index >= 15 is 0 Å². The van der Waals surface area contributed by atoms with Crippen molar-refractivity contribution in [1.82, 2.24) is 9.62 Å². The molecule has 8 heteroatoms. The number of amides is 1. The van der Waals surface area contributed by atoms with Crippen LogP contribution in [0.1, 0.15) is 19.3 Å². The molecule has 0 spiro atoms. The van der Waals surface area contributed by atoms with Gasteiger partial charge in [0.05, 0.1) is 10.8 Å². The van der Waals surface area contributed by atoms with Crippen molar-refractivity contribution in [3.8, 4) is 0 Å². The summed E-state index contributed by atoms with van der Waals surface area (Å²) in [6, 6.07) is 6.56. The Hall–Kier alpha value is -0.960. The van der Waals surface area contributed by atoms with Crippen LogP contribution in [-0.4, -0.2) is 52.0 Å². The lowest BCUT2D eigenvalue weighted by molar-refractivity contribution is -0.126. The average Bonchev–Trinajstić information content (AvgIpc) is 2.59. The Morgan fingerprint density at radius 2 is 2.08 bits per heavy atom. The minimum absolute atomic E-state index is 0.0817. The molecule has 24 heavy (non-hydrogen) atoms. The van der Waals surface area contributed by atoms with Crippen molar-refractivity contribution in [2.24, 2.45) is 5.92 Å². The van der Waals surface area contributed by atoms with Crippen molar-refractivity contribution in [2.45, 2.75) is 24.2 Å². The molecule has 1 amide bonds. The van der Waals surface area contributed by atoms with Gasteiger partial charge in [0, 0.05) is 37.8 Å². The number of nitrogens with zero attached hydrogens (tertiary/aromatic N) is 1. The quantitative estimate of drug-likeness (QED) is 0.686. The zero-order valence-corrected chi connectivity index (χ0v) is 16.1. The summed E-state index contributed by atoms with van der Waals surface area (Å²) in [7, 11) is -1.94. The fourth-order valence-corrected chi connectivity index (χ4v) is 4.49. The fraction of sp³-hybridized carbons (Fsp3) is 0.562. The Morgan fingerprint density at radius 3 is 2.75 bits per heavy atom. The van der Waals surface area contributed by atoms with Gasteiger partial charge < -0.3 is 10.1 Å². The molecule has 1 saturated heterocycles. The standard InChI is InChI=1S/C16H23BrN2O4S/c1-23-11-3-9-18-16(20)13-4-2-10-19(12-13)24(21,22)15-7-5-14(17)6-8-15/h5-8,13H,2-4,9-12H2,1H3,(H,18,20)/t13-/m1/s1. The minimum Gasteiger partial charge on any atom is -0.385 e. The molecular formula is C16H23BrN2O4S. The molecule has 2 rings (SSSR count). The number of ether oxygens (including phenoxy) is 1. The SMILES string of the molecule is COCCCNC(=O)[C@@H]1CCCN(S(=O)(=O)c2ccc(Br)cc2)C1. The maximum Gasteiger partial charge on any atom is 0.243 e. The highest BCUT2D eigenvalue weighted by molar-refractivity contribution is 9.10. The predicted molar refractivity (Wildman–Crippen MR) is 95.1 cm³/mol. The number of benzene rings is 1. The molecule has 0 aromatic heterocycles. The molecule has 1 fully saturated rings. The van der Waals surface area contributed by atoms with E-state index in [0.29, 0.717) is 32.5 Å². The normalized spacial score (nSPS) is 19.2. The van der Waals surface area contributed by atoms with Gasteiger partial charge in [-0.15, -0.1) is 0 Å². The van der Waals surface area contributed by atoms with Crippen LogP contribution in [0.2, 0.25) is 0 Å². The van der Waals surface area contributed by atoms with Crippen LogP contribution in [0.5, 0.6) is 0 Å². The zero-order chi connectivity index (χ0) is 17.6. The summed E-state index contributed by atoms with van der Waals surface area (Å²) in [6.07, 6.45) is 2.14. The van der Waals surface area contributed by atoms with Crippen molar-refractivity contribution in [3.63, 3.8) is 0 Å². The largest absolute Gasteiger partial charge is 0.385 e. The number of rotatable bonds is 7. The minimum atomic E-state index is -3.56. The molecule has 1 heterocycles.